The van der Waals surface area contributed by atoms with E-state index < -0.39 is 0 Å². The van der Waals surface area contributed by atoms with Gasteiger partial charge in [0.05, 0.1) is 6.54 Å². The third-order valence-electron chi connectivity index (χ3n) is 3.31. The van der Waals surface area contributed by atoms with E-state index in [0.29, 0.717) is 17.3 Å². The maximum Gasteiger partial charge on any atom is 0.369 e. The Morgan fingerprint density at radius 2 is 2.17 bits per heavy atom. The van der Waals surface area contributed by atoms with Crippen LogP contribution in [0.25, 0.3) is 16.5 Å². The summed E-state index contributed by atoms with van der Waals surface area (Å²) in [4.78, 5) is 16.8. The van der Waals surface area contributed by atoms with Gasteiger partial charge in [-0.25, -0.2) is 9.78 Å². The van der Waals surface area contributed by atoms with Crippen molar-refractivity contribution in [1.29, 1.82) is 0 Å². The first-order chi connectivity index (χ1) is 11.2. The molecule has 0 bridgehead atoms. The minimum atomic E-state index is -0.299. The van der Waals surface area contributed by atoms with Gasteiger partial charge < -0.3 is 4.42 Å². The lowest BCUT2D eigenvalue weighted by Gasteiger charge is -1.95. The van der Waals surface area contributed by atoms with Crippen LogP contribution in [0.1, 0.15) is 11.5 Å². The van der Waals surface area contributed by atoms with Gasteiger partial charge in [-0.2, -0.15) is 20.7 Å². The summed E-state index contributed by atoms with van der Waals surface area (Å²) in [5.74, 6) is 1.22. The third-order valence-corrected chi connectivity index (χ3v) is 4.84. The van der Waals surface area contributed by atoms with E-state index in [2.05, 4.69) is 15.4 Å². The van der Waals surface area contributed by atoms with Crippen molar-refractivity contribution in [2.75, 3.05) is 0 Å². The second kappa shape index (κ2) is 5.60. The molecule has 0 N–H and O–H groups in total. The zero-order chi connectivity index (χ0) is 15.8. The molecule has 0 aliphatic heterocycles. The third kappa shape index (κ3) is 2.53. The van der Waals surface area contributed by atoms with E-state index in [1.165, 1.54) is 20.7 Å². The lowest BCUT2D eigenvalue weighted by molar-refractivity contribution is 0.534. The number of hydrogen-bond acceptors (Lipinski definition) is 7. The van der Waals surface area contributed by atoms with Crippen LogP contribution in [0.4, 0.5) is 0 Å². The highest BCUT2D eigenvalue weighted by Gasteiger charge is 2.16. The van der Waals surface area contributed by atoms with Gasteiger partial charge in [0.15, 0.2) is 0 Å². The molecular formula is C14H11N5O2S2. The van der Waals surface area contributed by atoms with Gasteiger partial charge in [-0.3, -0.25) is 0 Å². The fraction of sp³-hybridized carbons (Fsp3) is 0.143. The van der Waals surface area contributed by atoms with E-state index in [9.17, 15) is 4.79 Å². The van der Waals surface area contributed by atoms with Crippen molar-refractivity contribution in [2.45, 2.75) is 13.5 Å². The molecule has 4 rings (SSSR count). The number of oxazole rings is 1. The average molecular weight is 345 g/mol. The topological polar surface area (TPSA) is 78.7 Å². The van der Waals surface area contributed by atoms with Crippen LogP contribution in [-0.2, 0) is 6.54 Å². The lowest BCUT2D eigenvalue weighted by atomic mass is 10.3. The standard InChI is InChI=1S/C14H11N5O2S2/c1-9-11(15-13(21-9)10-4-6-22-8-10)7-18-14(20)19(17-16-18)12-3-2-5-23-12/h2-6,8H,7H2,1H3. The zero-order valence-electron chi connectivity index (χ0n) is 12.0. The van der Waals surface area contributed by atoms with Crippen LogP contribution in [0.2, 0.25) is 0 Å². The quantitative estimate of drug-likeness (QED) is 0.568. The molecule has 0 saturated carbocycles. The Bertz CT molecular complexity index is 979. The smallest absolute Gasteiger partial charge is 0.369 e. The van der Waals surface area contributed by atoms with Crippen LogP contribution < -0.4 is 5.69 Å². The summed E-state index contributed by atoms with van der Waals surface area (Å²) in [5.41, 5.74) is 1.30. The van der Waals surface area contributed by atoms with Gasteiger partial charge in [-0.1, -0.05) is 0 Å². The molecule has 4 aromatic heterocycles. The molecule has 0 spiro atoms. The maximum absolute atomic E-state index is 12.4. The summed E-state index contributed by atoms with van der Waals surface area (Å²) in [5, 5.41) is 14.4. The molecule has 0 fully saturated rings. The summed E-state index contributed by atoms with van der Waals surface area (Å²) >= 11 is 3.01. The molecule has 0 radical (unpaired) electrons. The number of aryl methyl sites for hydroxylation is 1. The van der Waals surface area contributed by atoms with Crippen LogP contribution in [0.15, 0.2) is 43.6 Å². The predicted molar refractivity (Wildman–Crippen MR) is 87.2 cm³/mol. The number of nitrogens with zero attached hydrogens (tertiary/aromatic N) is 5. The van der Waals surface area contributed by atoms with Gasteiger partial charge in [0.2, 0.25) is 5.89 Å². The predicted octanol–water partition coefficient (Wildman–Crippen LogP) is 2.56. The molecule has 0 atom stereocenters. The number of rotatable bonds is 4. The van der Waals surface area contributed by atoms with Gasteiger partial charge in [-0.15, -0.1) is 11.3 Å². The SMILES string of the molecule is Cc1oc(-c2ccsc2)nc1Cn1nnn(-c2cccs2)c1=O. The van der Waals surface area contributed by atoms with Crippen molar-refractivity contribution in [3.8, 4) is 16.5 Å². The van der Waals surface area contributed by atoms with Gasteiger partial charge in [-0.05, 0) is 46.3 Å². The van der Waals surface area contributed by atoms with Crippen LogP contribution >= 0.6 is 22.7 Å². The Morgan fingerprint density at radius 3 is 2.91 bits per heavy atom. The summed E-state index contributed by atoms with van der Waals surface area (Å²) in [6, 6.07) is 5.63. The first kappa shape index (κ1) is 14.1. The van der Waals surface area contributed by atoms with Gasteiger partial charge in [0.1, 0.15) is 16.5 Å². The highest BCUT2D eigenvalue weighted by Crippen LogP contribution is 2.24. The van der Waals surface area contributed by atoms with Crippen molar-refractivity contribution < 1.29 is 4.42 Å². The second-order valence-corrected chi connectivity index (χ2v) is 6.52. The fourth-order valence-electron chi connectivity index (χ4n) is 2.13. The van der Waals surface area contributed by atoms with E-state index in [0.717, 1.165) is 10.6 Å². The lowest BCUT2D eigenvalue weighted by Crippen LogP contribution is -2.24. The maximum atomic E-state index is 12.4. The summed E-state index contributed by atoms with van der Waals surface area (Å²) in [6.07, 6.45) is 0. The minimum absolute atomic E-state index is 0.226. The Labute approximate surface area is 138 Å². The fourth-order valence-corrected chi connectivity index (χ4v) is 3.43. The van der Waals surface area contributed by atoms with E-state index in [4.69, 9.17) is 4.42 Å². The molecule has 9 heteroatoms. The molecule has 23 heavy (non-hydrogen) atoms. The molecule has 0 aliphatic carbocycles. The van der Waals surface area contributed by atoms with Gasteiger partial charge >= 0.3 is 5.69 Å². The molecule has 7 nitrogen and oxygen atoms in total. The molecule has 0 amide bonds. The largest absolute Gasteiger partial charge is 0.441 e. The molecule has 4 heterocycles. The molecule has 0 aliphatic rings. The molecule has 0 unspecified atom stereocenters. The Morgan fingerprint density at radius 1 is 1.26 bits per heavy atom. The normalized spacial score (nSPS) is 11.2. The van der Waals surface area contributed by atoms with Crippen molar-refractivity contribution in [1.82, 2.24) is 24.8 Å². The Kier molecular flexibility index (Phi) is 3.43. The number of thiophene rings is 2. The zero-order valence-corrected chi connectivity index (χ0v) is 13.7. The van der Waals surface area contributed by atoms with E-state index in [-0.39, 0.29) is 12.2 Å². The summed E-state index contributed by atoms with van der Waals surface area (Å²) in [7, 11) is 0. The molecule has 4 aromatic rings. The van der Waals surface area contributed by atoms with E-state index >= 15 is 0 Å². The van der Waals surface area contributed by atoms with Crippen LogP contribution in [0.3, 0.4) is 0 Å². The average Bonchev–Trinajstić information content (AvgIpc) is 3.30. The molecular weight excluding hydrogens is 334 g/mol. The number of aromatic nitrogens is 5. The van der Waals surface area contributed by atoms with Crippen LogP contribution in [0.5, 0.6) is 0 Å². The van der Waals surface area contributed by atoms with Crippen LogP contribution in [-0.4, -0.2) is 24.8 Å². The van der Waals surface area contributed by atoms with Gasteiger partial charge in [0, 0.05) is 10.9 Å². The van der Waals surface area contributed by atoms with Crippen molar-refractivity contribution >= 4 is 22.7 Å². The Hall–Kier alpha value is -2.52. The molecule has 116 valence electrons. The Balaban J connectivity index is 1.66. The summed E-state index contributed by atoms with van der Waals surface area (Å²) < 4.78 is 8.23. The molecule has 0 saturated heterocycles. The first-order valence-electron chi connectivity index (χ1n) is 6.78. The van der Waals surface area contributed by atoms with E-state index in [1.807, 2.05) is 41.3 Å². The van der Waals surface area contributed by atoms with Crippen molar-refractivity contribution in [3.05, 3.63) is 56.3 Å². The monoisotopic (exact) mass is 345 g/mol. The first-order valence-corrected chi connectivity index (χ1v) is 8.60. The highest BCUT2D eigenvalue weighted by molar-refractivity contribution is 7.12. The second-order valence-electron chi connectivity index (χ2n) is 4.82. The minimum Gasteiger partial charge on any atom is -0.441 e. The number of tetrazole rings is 1. The van der Waals surface area contributed by atoms with Crippen molar-refractivity contribution in [3.63, 3.8) is 0 Å². The molecule has 0 aromatic carbocycles. The number of hydrogen-bond donors (Lipinski definition) is 0. The highest BCUT2D eigenvalue weighted by atomic mass is 32.1. The van der Waals surface area contributed by atoms with E-state index in [1.54, 1.807) is 11.3 Å². The van der Waals surface area contributed by atoms with Crippen LogP contribution in [0, 0.1) is 6.92 Å². The summed E-state index contributed by atoms with van der Waals surface area (Å²) in [6.45, 7) is 2.05. The van der Waals surface area contributed by atoms with Gasteiger partial charge in [0.25, 0.3) is 0 Å². The van der Waals surface area contributed by atoms with Crippen molar-refractivity contribution in [2.24, 2.45) is 0 Å².